The summed E-state index contributed by atoms with van der Waals surface area (Å²) < 4.78 is 5.78. The van der Waals surface area contributed by atoms with Gasteiger partial charge < -0.3 is 15.4 Å². The molecule has 1 unspecified atom stereocenters. The van der Waals surface area contributed by atoms with Crippen molar-refractivity contribution in [3.63, 3.8) is 0 Å². The van der Waals surface area contributed by atoms with E-state index in [4.69, 9.17) is 10.5 Å². The quantitative estimate of drug-likeness (QED) is 0.853. The molecule has 0 spiro atoms. The van der Waals surface area contributed by atoms with E-state index >= 15 is 0 Å². The zero-order chi connectivity index (χ0) is 13.3. The second-order valence-corrected chi connectivity index (χ2v) is 5.34. The number of carbonyl (C=O) groups excluding carboxylic acids is 1. The summed E-state index contributed by atoms with van der Waals surface area (Å²) in [5.41, 5.74) is 6.41. The van der Waals surface area contributed by atoms with E-state index in [1.54, 1.807) is 17.2 Å². The molecule has 1 aliphatic heterocycles. The summed E-state index contributed by atoms with van der Waals surface area (Å²) in [6.07, 6.45) is 3.12. The molecule has 19 heavy (non-hydrogen) atoms. The first-order chi connectivity index (χ1) is 8.39. The lowest BCUT2D eigenvalue weighted by Gasteiger charge is -2.41. The van der Waals surface area contributed by atoms with Crippen LogP contribution in [0.4, 0.5) is 5.69 Å². The number of carbonyl (C=O) groups is 1. The van der Waals surface area contributed by atoms with E-state index in [0.717, 1.165) is 0 Å². The van der Waals surface area contributed by atoms with Crippen LogP contribution in [0.2, 0.25) is 0 Å². The van der Waals surface area contributed by atoms with Crippen LogP contribution in [0.1, 0.15) is 31.1 Å². The number of nitrogens with zero attached hydrogens (tertiary/aromatic N) is 2. The van der Waals surface area contributed by atoms with Crippen LogP contribution < -0.4 is 5.73 Å². The molecule has 0 aliphatic carbocycles. The van der Waals surface area contributed by atoms with Gasteiger partial charge in [0.15, 0.2) is 0 Å². The number of pyridine rings is 1. The Hall–Kier alpha value is -1.33. The Kier molecular flexibility index (Phi) is 4.76. The standard InChI is InChI=1S/C13H19N3O2.ClH/c1-9-7-16(8-13(2,3)18-9)12(17)10-6-15-5-4-11(10)14;/h4-6,9H,7-8H2,1-3H3,(H2,14,15);1H. The lowest BCUT2D eigenvalue weighted by molar-refractivity contribution is -0.118. The maximum absolute atomic E-state index is 12.4. The van der Waals surface area contributed by atoms with Crippen molar-refractivity contribution in [2.75, 3.05) is 18.8 Å². The third kappa shape index (κ3) is 3.58. The molecule has 1 aromatic heterocycles. The summed E-state index contributed by atoms with van der Waals surface area (Å²) in [5, 5.41) is 0. The SMILES string of the molecule is CC1CN(C(=O)c2cnccc2N)CC(C)(C)O1.Cl. The third-order valence-corrected chi connectivity index (χ3v) is 2.94. The van der Waals surface area contributed by atoms with Gasteiger partial charge in [0.25, 0.3) is 5.91 Å². The highest BCUT2D eigenvalue weighted by atomic mass is 35.5. The van der Waals surface area contributed by atoms with Gasteiger partial charge in [-0.1, -0.05) is 0 Å². The molecular weight excluding hydrogens is 266 g/mol. The Bertz CT molecular complexity index is 465. The van der Waals surface area contributed by atoms with Crippen molar-refractivity contribution in [2.45, 2.75) is 32.5 Å². The number of nitrogen functional groups attached to an aromatic ring is 1. The Labute approximate surface area is 119 Å². The van der Waals surface area contributed by atoms with Crippen LogP contribution in [0.15, 0.2) is 18.5 Å². The fraction of sp³-hybridized carbons (Fsp3) is 0.538. The first-order valence-electron chi connectivity index (χ1n) is 6.05. The van der Waals surface area contributed by atoms with E-state index in [-0.39, 0.29) is 30.0 Å². The fourth-order valence-corrected chi connectivity index (χ4v) is 2.36. The van der Waals surface area contributed by atoms with Crippen LogP contribution >= 0.6 is 12.4 Å². The van der Waals surface area contributed by atoms with Crippen molar-refractivity contribution in [1.82, 2.24) is 9.88 Å². The molecule has 5 nitrogen and oxygen atoms in total. The predicted molar refractivity (Wildman–Crippen MR) is 76.4 cm³/mol. The molecule has 1 amide bonds. The molecule has 106 valence electrons. The zero-order valence-corrected chi connectivity index (χ0v) is 12.2. The number of halogens is 1. The van der Waals surface area contributed by atoms with Crippen LogP contribution in [0.25, 0.3) is 0 Å². The molecule has 0 radical (unpaired) electrons. The van der Waals surface area contributed by atoms with Crippen LogP contribution in [-0.2, 0) is 4.74 Å². The van der Waals surface area contributed by atoms with Crippen LogP contribution in [0.5, 0.6) is 0 Å². The summed E-state index contributed by atoms with van der Waals surface area (Å²) in [6, 6.07) is 1.64. The van der Waals surface area contributed by atoms with Gasteiger partial charge in [-0.3, -0.25) is 9.78 Å². The van der Waals surface area contributed by atoms with Crippen LogP contribution in [0, 0.1) is 0 Å². The molecule has 1 atom stereocenters. The van der Waals surface area contributed by atoms with Gasteiger partial charge in [0.2, 0.25) is 0 Å². The molecule has 0 saturated carbocycles. The highest BCUT2D eigenvalue weighted by molar-refractivity contribution is 5.98. The van der Waals surface area contributed by atoms with Gasteiger partial charge in [-0.05, 0) is 26.8 Å². The molecule has 1 aromatic rings. The monoisotopic (exact) mass is 285 g/mol. The first-order valence-corrected chi connectivity index (χ1v) is 6.05. The van der Waals surface area contributed by atoms with E-state index < -0.39 is 0 Å². The minimum atomic E-state index is -0.329. The van der Waals surface area contributed by atoms with Crippen LogP contribution in [-0.4, -0.2) is 40.6 Å². The molecule has 6 heteroatoms. The highest BCUT2D eigenvalue weighted by Crippen LogP contribution is 2.23. The van der Waals surface area contributed by atoms with Gasteiger partial charge in [-0.2, -0.15) is 0 Å². The van der Waals surface area contributed by atoms with Gasteiger partial charge in [0.1, 0.15) is 0 Å². The number of anilines is 1. The Morgan fingerprint density at radius 2 is 2.26 bits per heavy atom. The summed E-state index contributed by atoms with van der Waals surface area (Å²) in [7, 11) is 0. The molecule has 2 rings (SSSR count). The molecule has 0 bridgehead atoms. The maximum atomic E-state index is 12.4. The van der Waals surface area contributed by atoms with E-state index in [9.17, 15) is 4.79 Å². The first kappa shape index (κ1) is 15.7. The zero-order valence-electron chi connectivity index (χ0n) is 11.4. The van der Waals surface area contributed by atoms with Crippen molar-refractivity contribution in [2.24, 2.45) is 0 Å². The summed E-state index contributed by atoms with van der Waals surface area (Å²) >= 11 is 0. The number of amides is 1. The summed E-state index contributed by atoms with van der Waals surface area (Å²) in [5.74, 6) is -0.0798. The summed E-state index contributed by atoms with van der Waals surface area (Å²) in [4.78, 5) is 18.1. The Morgan fingerprint density at radius 3 is 2.84 bits per heavy atom. The van der Waals surface area contributed by atoms with Gasteiger partial charge in [0.05, 0.1) is 17.3 Å². The number of rotatable bonds is 1. The Morgan fingerprint density at radius 1 is 1.58 bits per heavy atom. The average Bonchev–Trinajstić information content (AvgIpc) is 2.26. The van der Waals surface area contributed by atoms with Gasteiger partial charge in [0, 0.05) is 31.2 Å². The predicted octanol–water partition coefficient (Wildman–Crippen LogP) is 1.73. The third-order valence-electron chi connectivity index (χ3n) is 2.94. The molecule has 2 N–H and O–H groups in total. The lowest BCUT2D eigenvalue weighted by atomic mass is 10.0. The number of hydrogen-bond donors (Lipinski definition) is 1. The van der Waals surface area contributed by atoms with Crippen molar-refractivity contribution < 1.29 is 9.53 Å². The minimum Gasteiger partial charge on any atom is -0.398 e. The second-order valence-electron chi connectivity index (χ2n) is 5.34. The second kappa shape index (κ2) is 5.75. The number of ether oxygens (including phenoxy) is 1. The number of nitrogens with two attached hydrogens (primary N) is 1. The van der Waals surface area contributed by atoms with Gasteiger partial charge >= 0.3 is 0 Å². The lowest BCUT2D eigenvalue weighted by Crippen LogP contribution is -2.53. The van der Waals surface area contributed by atoms with Gasteiger partial charge in [-0.15, -0.1) is 12.4 Å². The number of morpholine rings is 1. The van der Waals surface area contributed by atoms with E-state index in [2.05, 4.69) is 4.98 Å². The van der Waals surface area contributed by atoms with Crippen molar-refractivity contribution >= 4 is 24.0 Å². The maximum Gasteiger partial charge on any atom is 0.257 e. The molecule has 0 aromatic carbocycles. The molecule has 1 saturated heterocycles. The molecular formula is C13H20ClN3O2. The van der Waals surface area contributed by atoms with E-state index in [0.29, 0.717) is 24.3 Å². The normalized spacial score (nSPS) is 21.6. The van der Waals surface area contributed by atoms with Crippen molar-refractivity contribution in [1.29, 1.82) is 0 Å². The Balaban J connectivity index is 0.00000180. The van der Waals surface area contributed by atoms with Crippen molar-refractivity contribution in [3.8, 4) is 0 Å². The number of aromatic nitrogens is 1. The largest absolute Gasteiger partial charge is 0.398 e. The average molecular weight is 286 g/mol. The van der Waals surface area contributed by atoms with E-state index in [1.807, 2.05) is 20.8 Å². The smallest absolute Gasteiger partial charge is 0.257 e. The summed E-state index contributed by atoms with van der Waals surface area (Å²) in [6.45, 7) is 7.07. The highest BCUT2D eigenvalue weighted by Gasteiger charge is 2.34. The molecule has 1 aliphatic rings. The van der Waals surface area contributed by atoms with Crippen LogP contribution in [0.3, 0.4) is 0 Å². The minimum absolute atomic E-state index is 0. The van der Waals surface area contributed by atoms with Crippen molar-refractivity contribution in [3.05, 3.63) is 24.0 Å². The molecule has 2 heterocycles. The van der Waals surface area contributed by atoms with Gasteiger partial charge in [-0.25, -0.2) is 0 Å². The topological polar surface area (TPSA) is 68.5 Å². The molecule has 1 fully saturated rings. The van der Waals surface area contributed by atoms with E-state index in [1.165, 1.54) is 6.20 Å². The fourth-order valence-electron chi connectivity index (χ4n) is 2.36. The number of hydrogen-bond acceptors (Lipinski definition) is 4.